The van der Waals surface area contributed by atoms with Gasteiger partial charge in [-0.1, -0.05) is 0 Å². The zero-order valence-electron chi connectivity index (χ0n) is 9.96. The van der Waals surface area contributed by atoms with Crippen molar-refractivity contribution in [3.63, 3.8) is 0 Å². The number of imidazole rings is 1. The number of rotatable bonds is 8. The van der Waals surface area contributed by atoms with E-state index in [2.05, 4.69) is 22.2 Å². The molecule has 16 heavy (non-hydrogen) atoms. The number of aromatic amines is 1. The van der Waals surface area contributed by atoms with Gasteiger partial charge in [-0.05, 0) is 31.6 Å². The largest absolute Gasteiger partial charge is 0.382 e. The van der Waals surface area contributed by atoms with Crippen LogP contribution in [0.1, 0.15) is 32.0 Å². The molecule has 4 nitrogen and oxygen atoms in total. The zero-order valence-corrected chi connectivity index (χ0v) is 9.96. The summed E-state index contributed by atoms with van der Waals surface area (Å²) in [4.78, 5) is 7.29. The van der Waals surface area contributed by atoms with Gasteiger partial charge in [0.2, 0.25) is 0 Å². The van der Waals surface area contributed by atoms with E-state index in [1.807, 2.05) is 6.20 Å². The molecule has 0 saturated heterocycles. The first kappa shape index (κ1) is 11.6. The number of hydrogen-bond acceptors (Lipinski definition) is 3. The first-order chi connectivity index (χ1) is 7.85. The maximum atomic E-state index is 5.42. The minimum atomic E-state index is 0.516. The van der Waals surface area contributed by atoms with Gasteiger partial charge < -0.3 is 15.0 Å². The van der Waals surface area contributed by atoms with E-state index >= 15 is 0 Å². The topological polar surface area (TPSA) is 49.9 Å². The molecule has 1 aliphatic rings. The van der Waals surface area contributed by atoms with Crippen molar-refractivity contribution >= 4 is 0 Å². The second-order valence-electron chi connectivity index (χ2n) is 4.59. The van der Waals surface area contributed by atoms with Gasteiger partial charge in [-0.15, -0.1) is 0 Å². The molecule has 0 bridgehead atoms. The monoisotopic (exact) mass is 223 g/mol. The SMILES string of the molecule is CCOCCC1(CNCc2ncc[nH]2)CC1. The van der Waals surface area contributed by atoms with Crippen LogP contribution in [0.5, 0.6) is 0 Å². The molecule has 1 heterocycles. The third kappa shape index (κ3) is 3.32. The Hall–Kier alpha value is -0.870. The molecule has 2 N–H and O–H groups in total. The molecule has 0 radical (unpaired) electrons. The average molecular weight is 223 g/mol. The summed E-state index contributed by atoms with van der Waals surface area (Å²) in [5, 5.41) is 3.47. The Kier molecular flexibility index (Phi) is 3.96. The number of nitrogens with one attached hydrogen (secondary N) is 2. The van der Waals surface area contributed by atoms with Crippen molar-refractivity contribution in [2.75, 3.05) is 19.8 Å². The van der Waals surface area contributed by atoms with E-state index in [1.165, 1.54) is 19.3 Å². The van der Waals surface area contributed by atoms with Gasteiger partial charge in [0.1, 0.15) is 5.82 Å². The maximum Gasteiger partial charge on any atom is 0.120 e. The molecule has 1 fully saturated rings. The average Bonchev–Trinajstić information content (AvgIpc) is 2.86. The van der Waals surface area contributed by atoms with Crippen LogP contribution in [0.3, 0.4) is 0 Å². The summed E-state index contributed by atoms with van der Waals surface area (Å²) in [5.41, 5.74) is 0.516. The van der Waals surface area contributed by atoms with Crippen molar-refractivity contribution in [1.29, 1.82) is 0 Å². The molecule has 1 aliphatic carbocycles. The number of nitrogens with zero attached hydrogens (tertiary/aromatic N) is 1. The van der Waals surface area contributed by atoms with Gasteiger partial charge >= 0.3 is 0 Å². The number of ether oxygens (including phenoxy) is 1. The summed E-state index contributed by atoms with van der Waals surface area (Å²) >= 11 is 0. The second kappa shape index (κ2) is 5.46. The van der Waals surface area contributed by atoms with Gasteiger partial charge in [-0.25, -0.2) is 4.98 Å². The lowest BCUT2D eigenvalue weighted by molar-refractivity contribution is 0.127. The molecule has 90 valence electrons. The van der Waals surface area contributed by atoms with Crippen molar-refractivity contribution in [2.24, 2.45) is 5.41 Å². The number of hydrogen-bond donors (Lipinski definition) is 2. The molecule has 0 aliphatic heterocycles. The normalized spacial score (nSPS) is 17.6. The lowest BCUT2D eigenvalue weighted by atomic mass is 10.0. The first-order valence-electron chi connectivity index (χ1n) is 6.11. The highest BCUT2D eigenvalue weighted by Gasteiger charge is 2.41. The molecule has 1 aromatic rings. The molecule has 0 aromatic carbocycles. The number of aromatic nitrogens is 2. The Balaban J connectivity index is 1.62. The Labute approximate surface area is 96.8 Å². The van der Waals surface area contributed by atoms with Crippen LogP contribution in [-0.2, 0) is 11.3 Å². The summed E-state index contributed by atoms with van der Waals surface area (Å²) in [6.45, 7) is 5.70. The van der Waals surface area contributed by atoms with Crippen molar-refractivity contribution in [2.45, 2.75) is 32.7 Å². The van der Waals surface area contributed by atoms with Gasteiger partial charge in [0, 0.05) is 32.2 Å². The molecule has 2 rings (SSSR count). The minimum absolute atomic E-state index is 0.516. The van der Waals surface area contributed by atoms with Gasteiger partial charge in [0.25, 0.3) is 0 Å². The van der Waals surface area contributed by atoms with Crippen LogP contribution >= 0.6 is 0 Å². The van der Waals surface area contributed by atoms with Gasteiger partial charge in [0.05, 0.1) is 6.54 Å². The van der Waals surface area contributed by atoms with Crippen LogP contribution < -0.4 is 5.32 Å². The van der Waals surface area contributed by atoms with Crippen LogP contribution in [0.15, 0.2) is 12.4 Å². The third-order valence-electron chi connectivity index (χ3n) is 3.29. The van der Waals surface area contributed by atoms with Crippen LogP contribution in [0.25, 0.3) is 0 Å². The van der Waals surface area contributed by atoms with Crippen molar-refractivity contribution in [1.82, 2.24) is 15.3 Å². The summed E-state index contributed by atoms with van der Waals surface area (Å²) in [6, 6.07) is 0. The lowest BCUT2D eigenvalue weighted by Gasteiger charge is -2.15. The molecule has 0 atom stereocenters. The Morgan fingerprint density at radius 3 is 3.06 bits per heavy atom. The summed E-state index contributed by atoms with van der Waals surface area (Å²) < 4.78 is 5.42. The second-order valence-corrected chi connectivity index (χ2v) is 4.59. The Morgan fingerprint density at radius 1 is 1.56 bits per heavy atom. The predicted molar refractivity (Wildman–Crippen MR) is 63.1 cm³/mol. The van der Waals surface area contributed by atoms with E-state index in [-0.39, 0.29) is 0 Å². The highest BCUT2D eigenvalue weighted by Crippen LogP contribution is 2.48. The van der Waals surface area contributed by atoms with Crippen molar-refractivity contribution in [3.05, 3.63) is 18.2 Å². The molecule has 4 heteroatoms. The van der Waals surface area contributed by atoms with E-state index < -0.39 is 0 Å². The fourth-order valence-corrected chi connectivity index (χ4v) is 1.97. The van der Waals surface area contributed by atoms with Gasteiger partial charge in [0.15, 0.2) is 0 Å². The first-order valence-corrected chi connectivity index (χ1v) is 6.11. The van der Waals surface area contributed by atoms with Gasteiger partial charge in [-0.3, -0.25) is 0 Å². The van der Waals surface area contributed by atoms with E-state index in [9.17, 15) is 0 Å². The molecule has 0 amide bonds. The fraction of sp³-hybridized carbons (Fsp3) is 0.750. The smallest absolute Gasteiger partial charge is 0.120 e. The van der Waals surface area contributed by atoms with Crippen LogP contribution in [0, 0.1) is 5.41 Å². The van der Waals surface area contributed by atoms with Crippen molar-refractivity contribution in [3.8, 4) is 0 Å². The predicted octanol–water partition coefficient (Wildman–Crippen LogP) is 1.71. The summed E-state index contributed by atoms with van der Waals surface area (Å²) in [6.07, 6.45) is 7.51. The highest BCUT2D eigenvalue weighted by molar-refractivity contribution is 4.95. The molecular weight excluding hydrogens is 202 g/mol. The minimum Gasteiger partial charge on any atom is -0.382 e. The standard InChI is InChI=1S/C12H21N3O/c1-2-16-8-5-12(3-4-12)10-13-9-11-14-6-7-15-11/h6-7,13H,2-5,8-10H2,1H3,(H,14,15). The quantitative estimate of drug-likeness (QED) is 0.660. The van der Waals surface area contributed by atoms with E-state index in [4.69, 9.17) is 4.74 Å². The Morgan fingerprint density at radius 2 is 2.44 bits per heavy atom. The van der Waals surface area contributed by atoms with Crippen molar-refractivity contribution < 1.29 is 4.74 Å². The highest BCUT2D eigenvalue weighted by atomic mass is 16.5. The number of H-pyrrole nitrogens is 1. The van der Waals surface area contributed by atoms with E-state index in [0.717, 1.165) is 32.1 Å². The molecule has 0 spiro atoms. The molecule has 1 saturated carbocycles. The summed E-state index contributed by atoms with van der Waals surface area (Å²) in [7, 11) is 0. The molecule has 0 unspecified atom stereocenters. The third-order valence-corrected chi connectivity index (χ3v) is 3.29. The molecular formula is C12H21N3O. The van der Waals surface area contributed by atoms with Crippen LogP contribution in [0.4, 0.5) is 0 Å². The van der Waals surface area contributed by atoms with E-state index in [0.29, 0.717) is 5.41 Å². The molecule has 1 aromatic heterocycles. The van der Waals surface area contributed by atoms with E-state index in [1.54, 1.807) is 6.20 Å². The van der Waals surface area contributed by atoms with Crippen LogP contribution in [-0.4, -0.2) is 29.7 Å². The zero-order chi connectivity index (χ0) is 11.3. The fourth-order valence-electron chi connectivity index (χ4n) is 1.97. The lowest BCUT2D eigenvalue weighted by Crippen LogP contribution is -2.25. The maximum absolute atomic E-state index is 5.42. The summed E-state index contributed by atoms with van der Waals surface area (Å²) in [5.74, 6) is 1.01. The Bertz CT molecular complexity index is 293. The van der Waals surface area contributed by atoms with Crippen LogP contribution in [0.2, 0.25) is 0 Å². The van der Waals surface area contributed by atoms with Gasteiger partial charge in [-0.2, -0.15) is 0 Å².